The molecule has 1 aliphatic heterocycles. The first-order chi connectivity index (χ1) is 14.2. The number of aromatic amines is 2. The van der Waals surface area contributed by atoms with Gasteiger partial charge in [0, 0.05) is 30.9 Å². The van der Waals surface area contributed by atoms with Crippen molar-refractivity contribution in [1.29, 1.82) is 0 Å². The van der Waals surface area contributed by atoms with Crippen LogP contribution in [0.2, 0.25) is 0 Å². The summed E-state index contributed by atoms with van der Waals surface area (Å²) in [6.45, 7) is 1.24. The topological polar surface area (TPSA) is 95.0 Å². The highest BCUT2D eigenvalue weighted by Crippen LogP contribution is 2.32. The lowest BCUT2D eigenvalue weighted by Crippen LogP contribution is -2.40. The second-order valence-electron chi connectivity index (χ2n) is 7.30. The van der Waals surface area contributed by atoms with E-state index >= 15 is 0 Å². The van der Waals surface area contributed by atoms with E-state index in [0.29, 0.717) is 30.5 Å². The van der Waals surface area contributed by atoms with E-state index in [4.69, 9.17) is 4.42 Å². The molecule has 0 bridgehead atoms. The van der Waals surface area contributed by atoms with Crippen LogP contribution in [0.5, 0.6) is 0 Å². The molecule has 5 heterocycles. The van der Waals surface area contributed by atoms with Gasteiger partial charge in [-0.25, -0.2) is 4.98 Å². The van der Waals surface area contributed by atoms with Gasteiger partial charge in [-0.15, -0.1) is 0 Å². The highest BCUT2D eigenvalue weighted by molar-refractivity contribution is 5.94. The Kier molecular flexibility index (Phi) is 4.27. The van der Waals surface area contributed by atoms with Gasteiger partial charge in [0.1, 0.15) is 17.0 Å². The molecule has 2 N–H and O–H groups in total. The first-order valence-corrected chi connectivity index (χ1v) is 9.69. The van der Waals surface area contributed by atoms with Crippen LogP contribution in [-0.2, 0) is 0 Å². The van der Waals surface area contributed by atoms with E-state index in [-0.39, 0.29) is 11.5 Å². The highest BCUT2D eigenvalue weighted by atomic mass is 16.3. The molecule has 4 aromatic heterocycles. The third-order valence-electron chi connectivity index (χ3n) is 5.63. The van der Waals surface area contributed by atoms with E-state index in [2.05, 4.69) is 21.0 Å². The van der Waals surface area contributed by atoms with E-state index in [1.54, 1.807) is 41.6 Å². The van der Waals surface area contributed by atoms with Crippen molar-refractivity contribution < 1.29 is 9.21 Å². The number of carbonyl (C=O) groups is 1. The maximum Gasteiger partial charge on any atom is 0.261 e. The van der Waals surface area contributed by atoms with Crippen molar-refractivity contribution in [3.8, 4) is 11.5 Å². The van der Waals surface area contributed by atoms with Crippen LogP contribution in [0.4, 0.5) is 0 Å². The van der Waals surface area contributed by atoms with Gasteiger partial charge >= 0.3 is 0 Å². The van der Waals surface area contributed by atoms with Gasteiger partial charge in [-0.3, -0.25) is 9.59 Å². The number of hydrogen-bond acceptors (Lipinski definition) is 4. The summed E-state index contributed by atoms with van der Waals surface area (Å²) in [7, 11) is 0. The van der Waals surface area contributed by atoms with E-state index in [9.17, 15) is 9.59 Å². The summed E-state index contributed by atoms with van der Waals surface area (Å²) < 4.78 is 5.30. The first kappa shape index (κ1) is 17.5. The Morgan fingerprint density at radius 1 is 1.14 bits per heavy atom. The fraction of sp³-hybridized carbons (Fsp3) is 0.227. The number of nitrogens with one attached hydrogen (secondary N) is 2. The van der Waals surface area contributed by atoms with E-state index in [1.165, 1.54) is 5.56 Å². The number of piperidine rings is 1. The molecule has 1 amide bonds. The molecule has 0 radical (unpaired) electrons. The minimum Gasteiger partial charge on any atom is -0.463 e. The molecule has 0 unspecified atom stereocenters. The van der Waals surface area contributed by atoms with Crippen molar-refractivity contribution in [3.63, 3.8) is 0 Å². The maximum absolute atomic E-state index is 12.9. The average Bonchev–Trinajstić information content (AvgIpc) is 3.44. The van der Waals surface area contributed by atoms with Crippen LogP contribution in [0, 0.1) is 0 Å². The molecule has 5 rings (SSSR count). The van der Waals surface area contributed by atoms with E-state index in [1.807, 2.05) is 12.3 Å². The van der Waals surface area contributed by atoms with Crippen molar-refractivity contribution in [2.24, 2.45) is 0 Å². The van der Waals surface area contributed by atoms with Gasteiger partial charge in [-0.1, -0.05) is 0 Å². The van der Waals surface area contributed by atoms with Crippen molar-refractivity contribution in [1.82, 2.24) is 19.9 Å². The van der Waals surface area contributed by atoms with Crippen LogP contribution in [0.1, 0.15) is 34.7 Å². The Morgan fingerprint density at radius 3 is 2.76 bits per heavy atom. The molecule has 0 aliphatic carbocycles. The first-order valence-electron chi connectivity index (χ1n) is 9.69. The van der Waals surface area contributed by atoms with Gasteiger partial charge in [0.05, 0.1) is 12.0 Å². The lowest BCUT2D eigenvalue weighted by atomic mass is 9.89. The molecule has 29 heavy (non-hydrogen) atoms. The average molecular weight is 388 g/mol. The molecule has 7 nitrogen and oxygen atoms in total. The summed E-state index contributed by atoms with van der Waals surface area (Å²) in [5.74, 6) is 0.711. The monoisotopic (exact) mass is 388 g/mol. The third-order valence-corrected chi connectivity index (χ3v) is 5.63. The fourth-order valence-corrected chi connectivity index (χ4v) is 4.10. The predicted octanol–water partition coefficient (Wildman–Crippen LogP) is 3.53. The zero-order chi connectivity index (χ0) is 19.8. The quantitative estimate of drug-likeness (QED) is 0.561. The predicted molar refractivity (Wildman–Crippen MR) is 109 cm³/mol. The van der Waals surface area contributed by atoms with Gasteiger partial charge in [-0.2, -0.15) is 0 Å². The van der Waals surface area contributed by atoms with Crippen molar-refractivity contribution in [2.45, 2.75) is 18.8 Å². The molecule has 0 atom stereocenters. The molecule has 4 aromatic rings. The number of fused-ring (bicyclic) bond motifs is 1. The highest BCUT2D eigenvalue weighted by Gasteiger charge is 2.27. The number of carbonyl (C=O) groups excluding carboxylic acids is 1. The largest absolute Gasteiger partial charge is 0.463 e. The van der Waals surface area contributed by atoms with E-state index in [0.717, 1.165) is 23.9 Å². The van der Waals surface area contributed by atoms with Crippen LogP contribution in [0.15, 0.2) is 64.3 Å². The number of amides is 1. The summed E-state index contributed by atoms with van der Waals surface area (Å²) in [4.78, 5) is 37.4. The number of nitrogens with zero attached hydrogens (tertiary/aromatic N) is 2. The smallest absolute Gasteiger partial charge is 0.261 e. The normalized spacial score (nSPS) is 15.1. The van der Waals surface area contributed by atoms with Gasteiger partial charge in [0.25, 0.3) is 11.5 Å². The van der Waals surface area contributed by atoms with Crippen molar-refractivity contribution in [3.05, 3.63) is 76.5 Å². The number of pyridine rings is 2. The molecular weight excluding hydrogens is 368 g/mol. The Labute approximate surface area is 166 Å². The Balaban J connectivity index is 1.31. The molecule has 0 aromatic carbocycles. The molecule has 1 aliphatic rings. The minimum atomic E-state index is -0.395. The lowest BCUT2D eigenvalue weighted by molar-refractivity contribution is 0.0711. The number of H-pyrrole nitrogens is 2. The van der Waals surface area contributed by atoms with Crippen molar-refractivity contribution >= 4 is 16.9 Å². The number of aromatic nitrogens is 3. The summed E-state index contributed by atoms with van der Waals surface area (Å²) in [6.07, 6.45) is 7.06. The standard InChI is InChI=1S/C22H20N4O3/c27-21-16(5-6-18(25-21)19-4-2-12-29-19)22(28)26-10-7-14(8-11-26)17-13-24-20-15(17)3-1-9-23-20/h1-6,9,12-14H,7-8,10-11H2,(H,23,24)(H,25,27). The SMILES string of the molecule is O=C(c1ccc(-c2ccco2)[nH]c1=O)N1CCC(c2c[nH]c3ncccc23)CC1. The molecule has 7 heteroatoms. The molecule has 0 spiro atoms. The number of rotatable bonds is 3. The van der Waals surface area contributed by atoms with Crippen LogP contribution in [0.25, 0.3) is 22.5 Å². The minimum absolute atomic E-state index is 0.162. The maximum atomic E-state index is 12.9. The summed E-state index contributed by atoms with van der Waals surface area (Å²) in [5, 5.41) is 1.14. The van der Waals surface area contributed by atoms with E-state index < -0.39 is 5.56 Å². The van der Waals surface area contributed by atoms with Crippen LogP contribution >= 0.6 is 0 Å². The fourth-order valence-electron chi connectivity index (χ4n) is 4.10. The van der Waals surface area contributed by atoms with Crippen LogP contribution < -0.4 is 5.56 Å². The third kappa shape index (κ3) is 3.14. The number of hydrogen-bond donors (Lipinski definition) is 2. The van der Waals surface area contributed by atoms with Gasteiger partial charge < -0.3 is 19.3 Å². The summed E-state index contributed by atoms with van der Waals surface area (Å²) >= 11 is 0. The number of likely N-dealkylation sites (tertiary alicyclic amines) is 1. The zero-order valence-electron chi connectivity index (χ0n) is 15.7. The van der Waals surface area contributed by atoms with Crippen LogP contribution in [0.3, 0.4) is 0 Å². The zero-order valence-corrected chi connectivity index (χ0v) is 15.7. The van der Waals surface area contributed by atoms with Crippen molar-refractivity contribution in [2.75, 3.05) is 13.1 Å². The molecule has 0 saturated carbocycles. The lowest BCUT2D eigenvalue weighted by Gasteiger charge is -2.31. The summed E-state index contributed by atoms with van der Waals surface area (Å²) in [5.41, 5.74) is 2.47. The Bertz CT molecular complexity index is 1210. The summed E-state index contributed by atoms with van der Waals surface area (Å²) in [6, 6.07) is 10.8. The van der Waals surface area contributed by atoms with Crippen LogP contribution in [-0.4, -0.2) is 38.8 Å². The molecule has 1 fully saturated rings. The second-order valence-corrected chi connectivity index (χ2v) is 7.30. The molecule has 1 saturated heterocycles. The molecular formula is C22H20N4O3. The van der Waals surface area contributed by atoms with Gasteiger partial charge in [0.2, 0.25) is 0 Å². The Hall–Kier alpha value is -3.61. The second kappa shape index (κ2) is 7.09. The van der Waals surface area contributed by atoms with Gasteiger partial charge in [-0.05, 0) is 60.7 Å². The number of furan rings is 1. The molecule has 146 valence electrons. The van der Waals surface area contributed by atoms with Gasteiger partial charge in [0.15, 0.2) is 0 Å². The Morgan fingerprint density at radius 2 is 2.00 bits per heavy atom.